The van der Waals surface area contributed by atoms with Gasteiger partial charge in [-0.05, 0) is 25.5 Å². The van der Waals surface area contributed by atoms with Crippen molar-refractivity contribution >= 4 is 28.8 Å². The standard InChI is InChI=1S/C12H15ClN2OS/c1-3-7-15-12(16)9(2)14-8-6-10-4-5-11(13)17-10/h1,4-5,9,14H,6-8H2,2H3,(H,15,16). The van der Waals surface area contributed by atoms with Crippen LogP contribution >= 0.6 is 22.9 Å². The molecule has 0 spiro atoms. The van der Waals surface area contributed by atoms with Gasteiger partial charge in [0.25, 0.3) is 0 Å². The first kappa shape index (κ1) is 14.0. The monoisotopic (exact) mass is 270 g/mol. The van der Waals surface area contributed by atoms with E-state index in [9.17, 15) is 4.79 Å². The van der Waals surface area contributed by atoms with E-state index in [1.807, 2.05) is 19.1 Å². The number of thiophene rings is 1. The SMILES string of the molecule is C#CCNC(=O)C(C)NCCc1ccc(Cl)s1. The third kappa shape index (κ3) is 5.22. The quantitative estimate of drug-likeness (QED) is 0.772. The lowest BCUT2D eigenvalue weighted by atomic mass is 10.3. The predicted molar refractivity (Wildman–Crippen MR) is 72.3 cm³/mol. The van der Waals surface area contributed by atoms with Gasteiger partial charge in [-0.2, -0.15) is 0 Å². The molecule has 0 aliphatic carbocycles. The Hall–Kier alpha value is -1.02. The van der Waals surface area contributed by atoms with Gasteiger partial charge in [0.05, 0.1) is 16.9 Å². The molecule has 0 radical (unpaired) electrons. The minimum atomic E-state index is -0.237. The normalized spacial score (nSPS) is 11.8. The predicted octanol–water partition coefficient (Wildman–Crippen LogP) is 1.67. The first-order valence-corrected chi connectivity index (χ1v) is 6.51. The molecule has 1 heterocycles. The number of terminal acetylenes is 1. The lowest BCUT2D eigenvalue weighted by molar-refractivity contribution is -0.122. The summed E-state index contributed by atoms with van der Waals surface area (Å²) in [6.07, 6.45) is 5.92. The van der Waals surface area contributed by atoms with Crippen LogP contribution in [0.4, 0.5) is 0 Å². The van der Waals surface area contributed by atoms with Crippen LogP contribution < -0.4 is 10.6 Å². The number of hydrogen-bond acceptors (Lipinski definition) is 3. The number of nitrogens with one attached hydrogen (secondary N) is 2. The van der Waals surface area contributed by atoms with E-state index in [2.05, 4.69) is 16.6 Å². The van der Waals surface area contributed by atoms with E-state index in [4.69, 9.17) is 18.0 Å². The Labute approximate surface area is 111 Å². The van der Waals surface area contributed by atoms with Crippen molar-refractivity contribution in [3.8, 4) is 12.3 Å². The summed E-state index contributed by atoms with van der Waals surface area (Å²) in [7, 11) is 0. The van der Waals surface area contributed by atoms with E-state index < -0.39 is 0 Å². The van der Waals surface area contributed by atoms with Gasteiger partial charge in [0.1, 0.15) is 0 Å². The van der Waals surface area contributed by atoms with Gasteiger partial charge in [-0.3, -0.25) is 4.79 Å². The van der Waals surface area contributed by atoms with Gasteiger partial charge in [0.15, 0.2) is 0 Å². The number of amides is 1. The Morgan fingerprint density at radius 1 is 1.65 bits per heavy atom. The molecule has 2 N–H and O–H groups in total. The zero-order chi connectivity index (χ0) is 12.7. The maximum absolute atomic E-state index is 11.5. The molecule has 1 amide bonds. The highest BCUT2D eigenvalue weighted by Gasteiger charge is 2.10. The van der Waals surface area contributed by atoms with E-state index in [-0.39, 0.29) is 18.5 Å². The fraction of sp³-hybridized carbons (Fsp3) is 0.417. The molecule has 1 unspecified atom stereocenters. The molecule has 0 fully saturated rings. The van der Waals surface area contributed by atoms with E-state index in [1.165, 1.54) is 4.88 Å². The van der Waals surface area contributed by atoms with Gasteiger partial charge in [-0.1, -0.05) is 17.5 Å². The summed E-state index contributed by atoms with van der Waals surface area (Å²) in [5.74, 6) is 2.29. The Kier molecular flexibility index (Phi) is 6.06. The molecule has 0 bridgehead atoms. The molecule has 1 atom stereocenters. The number of carbonyl (C=O) groups is 1. The van der Waals surface area contributed by atoms with Crippen molar-refractivity contribution in [3.63, 3.8) is 0 Å². The van der Waals surface area contributed by atoms with Crippen LogP contribution in [-0.2, 0) is 11.2 Å². The Bertz CT molecular complexity index is 411. The minimum Gasteiger partial charge on any atom is -0.344 e. The number of carbonyl (C=O) groups excluding carboxylic acids is 1. The summed E-state index contributed by atoms with van der Waals surface area (Å²) in [4.78, 5) is 12.7. The summed E-state index contributed by atoms with van der Waals surface area (Å²) < 4.78 is 0.791. The summed E-state index contributed by atoms with van der Waals surface area (Å²) in [6, 6.07) is 3.64. The molecule has 92 valence electrons. The summed E-state index contributed by atoms with van der Waals surface area (Å²) in [6.45, 7) is 2.82. The molecule has 0 saturated heterocycles. The molecular formula is C12H15ClN2OS. The number of rotatable bonds is 6. The third-order valence-electron chi connectivity index (χ3n) is 2.21. The summed E-state index contributed by atoms with van der Waals surface area (Å²) in [5.41, 5.74) is 0. The van der Waals surface area contributed by atoms with Gasteiger partial charge in [-0.25, -0.2) is 0 Å². The van der Waals surface area contributed by atoms with Crippen LogP contribution in [0.2, 0.25) is 4.34 Å². The van der Waals surface area contributed by atoms with Crippen LogP contribution in [0.25, 0.3) is 0 Å². The van der Waals surface area contributed by atoms with Gasteiger partial charge in [0, 0.05) is 11.4 Å². The lowest BCUT2D eigenvalue weighted by Crippen LogP contribution is -2.42. The molecule has 0 saturated carbocycles. The van der Waals surface area contributed by atoms with E-state index in [0.717, 1.165) is 17.3 Å². The first-order chi connectivity index (χ1) is 8.13. The van der Waals surface area contributed by atoms with E-state index in [0.29, 0.717) is 0 Å². The van der Waals surface area contributed by atoms with Crippen LogP contribution in [0.5, 0.6) is 0 Å². The Morgan fingerprint density at radius 3 is 3.00 bits per heavy atom. The van der Waals surface area contributed by atoms with Crippen LogP contribution in [0.1, 0.15) is 11.8 Å². The third-order valence-corrected chi connectivity index (χ3v) is 3.50. The molecule has 5 heteroatoms. The number of hydrogen-bond donors (Lipinski definition) is 2. The van der Waals surface area contributed by atoms with Gasteiger partial charge >= 0.3 is 0 Å². The molecule has 0 aromatic carbocycles. The van der Waals surface area contributed by atoms with E-state index >= 15 is 0 Å². The highest BCUT2D eigenvalue weighted by atomic mass is 35.5. The fourth-order valence-electron chi connectivity index (χ4n) is 1.28. The van der Waals surface area contributed by atoms with Gasteiger partial charge in [0.2, 0.25) is 5.91 Å². The molecule has 1 aromatic heterocycles. The minimum absolute atomic E-state index is 0.0767. The van der Waals surface area contributed by atoms with Crippen molar-refractivity contribution in [1.29, 1.82) is 0 Å². The molecular weight excluding hydrogens is 256 g/mol. The second-order valence-electron chi connectivity index (χ2n) is 3.55. The van der Waals surface area contributed by atoms with Crippen molar-refractivity contribution in [1.82, 2.24) is 10.6 Å². The largest absolute Gasteiger partial charge is 0.344 e. The van der Waals surface area contributed by atoms with Crippen molar-refractivity contribution in [2.24, 2.45) is 0 Å². The van der Waals surface area contributed by atoms with Crippen molar-refractivity contribution < 1.29 is 4.79 Å². The maximum atomic E-state index is 11.5. The topological polar surface area (TPSA) is 41.1 Å². The van der Waals surface area contributed by atoms with Crippen LogP contribution in [-0.4, -0.2) is 25.0 Å². The maximum Gasteiger partial charge on any atom is 0.237 e. The first-order valence-electron chi connectivity index (χ1n) is 5.32. The van der Waals surface area contributed by atoms with Crippen LogP contribution in [0.3, 0.4) is 0 Å². The summed E-state index contributed by atoms with van der Waals surface area (Å²) in [5, 5.41) is 5.76. The van der Waals surface area contributed by atoms with Crippen LogP contribution in [0.15, 0.2) is 12.1 Å². The van der Waals surface area contributed by atoms with E-state index in [1.54, 1.807) is 11.3 Å². The zero-order valence-electron chi connectivity index (χ0n) is 9.63. The Balaban J connectivity index is 2.22. The lowest BCUT2D eigenvalue weighted by Gasteiger charge is -2.12. The average molecular weight is 271 g/mol. The van der Waals surface area contributed by atoms with Crippen molar-refractivity contribution in [2.45, 2.75) is 19.4 Å². The van der Waals surface area contributed by atoms with Gasteiger partial charge in [-0.15, -0.1) is 17.8 Å². The average Bonchev–Trinajstić information content (AvgIpc) is 2.71. The highest BCUT2D eigenvalue weighted by Crippen LogP contribution is 2.21. The van der Waals surface area contributed by atoms with Gasteiger partial charge < -0.3 is 10.6 Å². The van der Waals surface area contributed by atoms with Crippen molar-refractivity contribution in [3.05, 3.63) is 21.3 Å². The fourth-order valence-corrected chi connectivity index (χ4v) is 2.37. The number of halogens is 1. The molecule has 1 aromatic rings. The van der Waals surface area contributed by atoms with Crippen LogP contribution in [0, 0.1) is 12.3 Å². The molecule has 3 nitrogen and oxygen atoms in total. The highest BCUT2D eigenvalue weighted by molar-refractivity contribution is 7.16. The molecule has 0 aliphatic rings. The Morgan fingerprint density at radius 2 is 2.41 bits per heavy atom. The zero-order valence-corrected chi connectivity index (χ0v) is 11.2. The second kappa shape index (κ2) is 7.33. The summed E-state index contributed by atoms with van der Waals surface area (Å²) >= 11 is 7.38. The smallest absolute Gasteiger partial charge is 0.237 e. The van der Waals surface area contributed by atoms with Crippen molar-refractivity contribution in [2.75, 3.05) is 13.1 Å². The molecule has 17 heavy (non-hydrogen) atoms. The second-order valence-corrected chi connectivity index (χ2v) is 5.35. The molecule has 0 aliphatic heterocycles. The molecule has 1 rings (SSSR count).